The Morgan fingerprint density at radius 3 is 2.34 bits per heavy atom. The van der Waals surface area contributed by atoms with Crippen molar-refractivity contribution in [1.82, 2.24) is 4.90 Å². The summed E-state index contributed by atoms with van der Waals surface area (Å²) < 4.78 is 15.5. The lowest BCUT2D eigenvalue weighted by Crippen LogP contribution is -2.29. The van der Waals surface area contributed by atoms with Gasteiger partial charge in [0.05, 0.1) is 49.1 Å². The molecule has 1 aliphatic rings. The normalized spacial score (nSPS) is 16.4. The van der Waals surface area contributed by atoms with E-state index in [0.717, 1.165) is 5.56 Å². The third-order valence-corrected chi connectivity index (χ3v) is 6.61. The number of esters is 1. The number of methoxy groups -OCH3 is 3. The maximum Gasteiger partial charge on any atom is 0.337 e. The first-order valence-electron chi connectivity index (χ1n) is 11.6. The molecule has 1 amide bonds. The number of likely N-dealkylation sites (tertiary alicyclic amines) is 1. The Morgan fingerprint density at radius 1 is 1.00 bits per heavy atom. The van der Waals surface area contributed by atoms with Crippen molar-refractivity contribution in [3.63, 3.8) is 0 Å². The Kier molecular flexibility index (Phi) is 7.73. The molecular formula is C29H26ClNO7. The summed E-state index contributed by atoms with van der Waals surface area (Å²) in [5.41, 5.74) is 2.42. The van der Waals surface area contributed by atoms with E-state index in [1.165, 1.54) is 26.2 Å². The minimum absolute atomic E-state index is 0.0381. The fourth-order valence-electron chi connectivity index (χ4n) is 4.52. The van der Waals surface area contributed by atoms with Gasteiger partial charge < -0.3 is 24.2 Å². The number of carbonyl (C=O) groups is 3. The van der Waals surface area contributed by atoms with Crippen LogP contribution in [-0.2, 0) is 20.9 Å². The molecule has 0 bridgehead atoms. The van der Waals surface area contributed by atoms with E-state index in [-0.39, 0.29) is 28.5 Å². The second-order valence-corrected chi connectivity index (χ2v) is 9.13. The quantitative estimate of drug-likeness (QED) is 0.195. The van der Waals surface area contributed by atoms with Crippen molar-refractivity contribution < 1.29 is 33.7 Å². The minimum Gasteiger partial charge on any atom is -0.507 e. The van der Waals surface area contributed by atoms with Crippen LogP contribution >= 0.6 is 11.6 Å². The van der Waals surface area contributed by atoms with E-state index in [0.29, 0.717) is 22.4 Å². The molecule has 1 atom stereocenters. The number of Topliss-reactive ketones (excluding diaryl/α,β-unsaturated/α-hetero) is 1. The Bertz CT molecular complexity index is 1450. The molecule has 0 aliphatic carbocycles. The molecular weight excluding hydrogens is 510 g/mol. The highest BCUT2D eigenvalue weighted by molar-refractivity contribution is 6.46. The first-order valence-corrected chi connectivity index (χ1v) is 12.0. The maximum atomic E-state index is 13.4. The van der Waals surface area contributed by atoms with Gasteiger partial charge in [0.2, 0.25) is 0 Å². The highest BCUT2D eigenvalue weighted by Gasteiger charge is 2.46. The number of aryl methyl sites for hydroxylation is 1. The zero-order chi connectivity index (χ0) is 27.6. The lowest BCUT2D eigenvalue weighted by Gasteiger charge is -2.26. The van der Waals surface area contributed by atoms with Gasteiger partial charge in [-0.3, -0.25) is 9.59 Å². The fraction of sp³-hybridized carbons (Fsp3) is 0.207. The van der Waals surface area contributed by atoms with E-state index in [1.54, 1.807) is 67.6 Å². The topological polar surface area (TPSA) is 102 Å². The number of amides is 1. The Morgan fingerprint density at radius 2 is 1.71 bits per heavy atom. The summed E-state index contributed by atoms with van der Waals surface area (Å²) in [4.78, 5) is 40.0. The van der Waals surface area contributed by atoms with Gasteiger partial charge in [0.1, 0.15) is 17.3 Å². The molecule has 1 fully saturated rings. The number of hydrogen-bond donors (Lipinski definition) is 1. The molecule has 9 heteroatoms. The molecule has 4 rings (SSSR count). The van der Waals surface area contributed by atoms with Crippen LogP contribution in [0.1, 0.15) is 38.7 Å². The van der Waals surface area contributed by atoms with Crippen molar-refractivity contribution >= 4 is 35.0 Å². The predicted octanol–water partition coefficient (Wildman–Crippen LogP) is 5.07. The zero-order valence-electron chi connectivity index (χ0n) is 21.3. The van der Waals surface area contributed by atoms with Crippen molar-refractivity contribution in [2.24, 2.45) is 0 Å². The number of aliphatic hydroxyl groups is 1. The summed E-state index contributed by atoms with van der Waals surface area (Å²) in [7, 11) is 4.21. The van der Waals surface area contributed by atoms with Gasteiger partial charge >= 0.3 is 5.97 Å². The summed E-state index contributed by atoms with van der Waals surface area (Å²) in [6, 6.07) is 15.8. The molecule has 3 aromatic rings. The van der Waals surface area contributed by atoms with Crippen LogP contribution in [0.15, 0.2) is 66.2 Å². The SMILES string of the molecule is COC(=O)c1ccc(CN2C(=O)C(=O)/C(=C(/O)c3cc(C)cc(Cl)c3OC)C2c2cccc(OC)c2)cc1. The van der Waals surface area contributed by atoms with Crippen LogP contribution in [0.2, 0.25) is 5.02 Å². The first kappa shape index (κ1) is 26.8. The van der Waals surface area contributed by atoms with Crippen LogP contribution in [0, 0.1) is 6.92 Å². The standard InChI is InChI=1S/C29H26ClNO7/c1-16-12-21(27(37-3)22(30)13-16)25(32)23-24(19-6-5-7-20(14-19)36-2)31(28(34)26(23)33)15-17-8-10-18(11-9-17)29(35)38-4/h5-14,24,32H,15H2,1-4H3/b25-23+. The summed E-state index contributed by atoms with van der Waals surface area (Å²) in [5.74, 6) is -1.81. The van der Waals surface area contributed by atoms with Crippen LogP contribution in [0.4, 0.5) is 0 Å². The third-order valence-electron chi connectivity index (χ3n) is 6.32. The number of aliphatic hydroxyl groups excluding tert-OH is 1. The van der Waals surface area contributed by atoms with E-state index in [1.807, 2.05) is 0 Å². The molecule has 3 aromatic carbocycles. The summed E-state index contributed by atoms with van der Waals surface area (Å²) in [5, 5.41) is 11.8. The molecule has 0 saturated carbocycles. The summed E-state index contributed by atoms with van der Waals surface area (Å²) in [6.07, 6.45) is 0. The number of halogens is 1. The highest BCUT2D eigenvalue weighted by atomic mass is 35.5. The average molecular weight is 536 g/mol. The van der Waals surface area contributed by atoms with E-state index in [4.69, 9.17) is 25.8 Å². The van der Waals surface area contributed by atoms with Crippen molar-refractivity contribution in [2.45, 2.75) is 19.5 Å². The second-order valence-electron chi connectivity index (χ2n) is 8.72. The molecule has 1 heterocycles. The number of ether oxygens (including phenoxy) is 3. The van der Waals surface area contributed by atoms with Crippen LogP contribution in [-0.4, -0.2) is 49.0 Å². The van der Waals surface area contributed by atoms with Crippen molar-refractivity contribution in [3.05, 3.63) is 99.1 Å². The lowest BCUT2D eigenvalue weighted by molar-refractivity contribution is -0.140. The van der Waals surface area contributed by atoms with Gasteiger partial charge in [0, 0.05) is 6.54 Å². The van der Waals surface area contributed by atoms with Crippen LogP contribution < -0.4 is 9.47 Å². The molecule has 1 unspecified atom stereocenters. The third kappa shape index (κ3) is 4.95. The van der Waals surface area contributed by atoms with Gasteiger partial charge in [0.15, 0.2) is 0 Å². The lowest BCUT2D eigenvalue weighted by atomic mass is 9.94. The second kappa shape index (κ2) is 11.0. The average Bonchev–Trinajstić information content (AvgIpc) is 3.17. The number of ketones is 1. The number of nitrogens with zero attached hydrogens (tertiary/aromatic N) is 1. The van der Waals surface area contributed by atoms with Crippen molar-refractivity contribution in [3.8, 4) is 11.5 Å². The molecule has 0 spiro atoms. The molecule has 38 heavy (non-hydrogen) atoms. The van der Waals surface area contributed by atoms with Gasteiger partial charge in [-0.05, 0) is 60.0 Å². The maximum absolute atomic E-state index is 13.4. The van der Waals surface area contributed by atoms with Gasteiger partial charge in [-0.2, -0.15) is 0 Å². The Hall–Kier alpha value is -4.30. The molecule has 1 saturated heterocycles. The van der Waals surface area contributed by atoms with E-state index in [2.05, 4.69) is 0 Å². The largest absolute Gasteiger partial charge is 0.507 e. The summed E-state index contributed by atoms with van der Waals surface area (Å²) >= 11 is 6.35. The van der Waals surface area contributed by atoms with E-state index in [9.17, 15) is 19.5 Å². The number of rotatable bonds is 7. The zero-order valence-corrected chi connectivity index (χ0v) is 22.0. The van der Waals surface area contributed by atoms with Gasteiger partial charge in [-0.15, -0.1) is 0 Å². The van der Waals surface area contributed by atoms with Gasteiger partial charge in [-0.1, -0.05) is 35.9 Å². The monoisotopic (exact) mass is 535 g/mol. The number of hydrogen-bond acceptors (Lipinski definition) is 7. The van der Waals surface area contributed by atoms with Crippen molar-refractivity contribution in [1.29, 1.82) is 0 Å². The highest BCUT2D eigenvalue weighted by Crippen LogP contribution is 2.43. The fourth-order valence-corrected chi connectivity index (χ4v) is 4.87. The Labute approximate surface area is 225 Å². The van der Waals surface area contributed by atoms with E-state index < -0.39 is 29.5 Å². The number of carbonyl (C=O) groups excluding carboxylic acids is 3. The van der Waals surface area contributed by atoms with Crippen LogP contribution in [0.3, 0.4) is 0 Å². The molecule has 1 N–H and O–H groups in total. The van der Waals surface area contributed by atoms with Crippen LogP contribution in [0.5, 0.6) is 11.5 Å². The van der Waals surface area contributed by atoms with E-state index >= 15 is 0 Å². The van der Waals surface area contributed by atoms with Crippen molar-refractivity contribution in [2.75, 3.05) is 21.3 Å². The van der Waals surface area contributed by atoms with Crippen LogP contribution in [0.25, 0.3) is 5.76 Å². The molecule has 0 radical (unpaired) electrons. The molecule has 1 aliphatic heterocycles. The smallest absolute Gasteiger partial charge is 0.337 e. The van der Waals surface area contributed by atoms with Gasteiger partial charge in [0.25, 0.3) is 11.7 Å². The first-order chi connectivity index (χ1) is 18.2. The molecule has 8 nitrogen and oxygen atoms in total. The Balaban J connectivity index is 1.88. The number of benzene rings is 3. The molecule has 196 valence electrons. The summed E-state index contributed by atoms with van der Waals surface area (Å²) in [6.45, 7) is 1.83. The predicted molar refractivity (Wildman–Crippen MR) is 141 cm³/mol. The molecule has 0 aromatic heterocycles. The minimum atomic E-state index is -0.936. The van der Waals surface area contributed by atoms with Gasteiger partial charge in [-0.25, -0.2) is 4.79 Å².